The van der Waals surface area contributed by atoms with Crippen LogP contribution in [-0.4, -0.2) is 43.1 Å². The van der Waals surface area contributed by atoms with Gasteiger partial charge in [-0.15, -0.1) is 0 Å². The summed E-state index contributed by atoms with van der Waals surface area (Å²) in [6.07, 6.45) is 0. The number of methoxy groups -OCH3 is 1. The average Bonchev–Trinajstić information content (AvgIpc) is 3.09. The van der Waals surface area contributed by atoms with Crippen LogP contribution in [0, 0.1) is 0 Å². The first-order valence-electron chi connectivity index (χ1n) is 7.89. The lowest BCUT2D eigenvalue weighted by Gasteiger charge is -2.23. The standard InChI is InChI=1S/C18H20N2O5/c1-23-15-5-3-2-4-13(15)11-20(8-9-21)18(22)19-14-6-7-16-17(10-14)25-12-24-16/h2-7,10,21H,8-9,11-12H2,1H3,(H,19,22). The molecular formula is C18H20N2O5. The molecule has 0 saturated carbocycles. The fourth-order valence-electron chi connectivity index (χ4n) is 2.59. The van der Waals surface area contributed by atoms with Gasteiger partial charge in [-0.25, -0.2) is 4.79 Å². The predicted octanol–water partition coefficient (Wildman–Crippen LogP) is 2.45. The molecule has 0 atom stereocenters. The molecule has 0 fully saturated rings. The third-order valence-corrected chi connectivity index (χ3v) is 3.83. The van der Waals surface area contributed by atoms with Gasteiger partial charge in [-0.2, -0.15) is 0 Å². The van der Waals surface area contributed by atoms with Crippen molar-refractivity contribution in [2.24, 2.45) is 0 Å². The van der Waals surface area contributed by atoms with E-state index in [0.717, 1.165) is 5.56 Å². The number of benzene rings is 2. The van der Waals surface area contributed by atoms with Gasteiger partial charge in [-0.3, -0.25) is 0 Å². The van der Waals surface area contributed by atoms with Crippen molar-refractivity contribution in [1.82, 2.24) is 4.90 Å². The first-order chi connectivity index (χ1) is 12.2. The molecule has 0 aliphatic carbocycles. The van der Waals surface area contributed by atoms with E-state index in [-0.39, 0.29) is 26.0 Å². The fraction of sp³-hybridized carbons (Fsp3) is 0.278. The van der Waals surface area contributed by atoms with Crippen LogP contribution in [0.4, 0.5) is 10.5 Å². The van der Waals surface area contributed by atoms with Crippen molar-refractivity contribution in [2.45, 2.75) is 6.54 Å². The maximum Gasteiger partial charge on any atom is 0.322 e. The Morgan fingerprint density at radius 1 is 1.24 bits per heavy atom. The molecule has 2 aromatic rings. The molecule has 25 heavy (non-hydrogen) atoms. The third-order valence-electron chi connectivity index (χ3n) is 3.83. The van der Waals surface area contributed by atoms with Crippen molar-refractivity contribution in [2.75, 3.05) is 32.4 Å². The maximum absolute atomic E-state index is 12.6. The number of ether oxygens (including phenoxy) is 3. The zero-order chi connectivity index (χ0) is 17.6. The maximum atomic E-state index is 12.6. The lowest BCUT2D eigenvalue weighted by molar-refractivity contribution is 0.174. The molecule has 132 valence electrons. The van der Waals surface area contributed by atoms with Gasteiger partial charge in [-0.05, 0) is 18.2 Å². The number of anilines is 1. The number of aliphatic hydroxyl groups excluding tert-OH is 1. The molecule has 0 radical (unpaired) electrons. The zero-order valence-electron chi connectivity index (χ0n) is 13.9. The Balaban J connectivity index is 1.72. The van der Waals surface area contributed by atoms with Crippen LogP contribution in [0.1, 0.15) is 5.56 Å². The van der Waals surface area contributed by atoms with Crippen LogP contribution in [0.2, 0.25) is 0 Å². The minimum Gasteiger partial charge on any atom is -0.496 e. The number of fused-ring (bicyclic) bond motifs is 1. The molecule has 1 aliphatic rings. The Morgan fingerprint density at radius 3 is 2.84 bits per heavy atom. The molecule has 1 heterocycles. The van der Waals surface area contributed by atoms with E-state index in [1.54, 1.807) is 25.3 Å². The highest BCUT2D eigenvalue weighted by Gasteiger charge is 2.18. The summed E-state index contributed by atoms with van der Waals surface area (Å²) < 4.78 is 15.9. The van der Waals surface area contributed by atoms with E-state index in [0.29, 0.717) is 29.5 Å². The van der Waals surface area contributed by atoms with Crippen LogP contribution in [-0.2, 0) is 6.54 Å². The van der Waals surface area contributed by atoms with Gasteiger partial charge in [0.2, 0.25) is 6.79 Å². The van der Waals surface area contributed by atoms with E-state index in [4.69, 9.17) is 14.2 Å². The van der Waals surface area contributed by atoms with Gasteiger partial charge < -0.3 is 29.5 Å². The van der Waals surface area contributed by atoms with E-state index in [1.807, 2.05) is 24.3 Å². The Bertz CT molecular complexity index is 750. The topological polar surface area (TPSA) is 80.3 Å². The quantitative estimate of drug-likeness (QED) is 0.841. The van der Waals surface area contributed by atoms with Crippen molar-refractivity contribution < 1.29 is 24.1 Å². The molecule has 7 heteroatoms. The number of para-hydroxylation sites is 1. The van der Waals surface area contributed by atoms with Crippen LogP contribution < -0.4 is 19.5 Å². The summed E-state index contributed by atoms with van der Waals surface area (Å²) in [6.45, 7) is 0.566. The fourth-order valence-corrected chi connectivity index (χ4v) is 2.59. The molecule has 2 N–H and O–H groups in total. The molecule has 1 aliphatic heterocycles. The lowest BCUT2D eigenvalue weighted by atomic mass is 10.2. The van der Waals surface area contributed by atoms with Crippen LogP contribution >= 0.6 is 0 Å². The summed E-state index contributed by atoms with van der Waals surface area (Å²) in [5.74, 6) is 1.94. The van der Waals surface area contributed by atoms with Crippen molar-refractivity contribution in [3.8, 4) is 17.2 Å². The molecule has 2 aromatic carbocycles. The highest BCUT2D eigenvalue weighted by molar-refractivity contribution is 5.89. The largest absolute Gasteiger partial charge is 0.496 e. The summed E-state index contributed by atoms with van der Waals surface area (Å²) in [6, 6.07) is 12.3. The van der Waals surface area contributed by atoms with E-state index >= 15 is 0 Å². The summed E-state index contributed by atoms with van der Waals surface area (Å²) in [5.41, 5.74) is 1.46. The molecule has 0 saturated heterocycles. The lowest BCUT2D eigenvalue weighted by Crippen LogP contribution is -2.36. The van der Waals surface area contributed by atoms with Gasteiger partial charge >= 0.3 is 6.03 Å². The molecule has 0 spiro atoms. The number of carbonyl (C=O) groups is 1. The normalized spacial score (nSPS) is 11.9. The Kier molecular flexibility index (Phi) is 5.25. The highest BCUT2D eigenvalue weighted by atomic mass is 16.7. The summed E-state index contributed by atoms with van der Waals surface area (Å²) >= 11 is 0. The molecular weight excluding hydrogens is 324 g/mol. The van der Waals surface area contributed by atoms with E-state index in [1.165, 1.54) is 4.90 Å². The highest BCUT2D eigenvalue weighted by Crippen LogP contribution is 2.34. The number of urea groups is 1. The van der Waals surface area contributed by atoms with Gasteiger partial charge in [-0.1, -0.05) is 18.2 Å². The van der Waals surface area contributed by atoms with Crippen molar-refractivity contribution in [3.63, 3.8) is 0 Å². The number of amides is 2. The molecule has 2 amide bonds. The number of nitrogens with zero attached hydrogens (tertiary/aromatic N) is 1. The molecule has 0 bridgehead atoms. The number of hydrogen-bond acceptors (Lipinski definition) is 5. The monoisotopic (exact) mass is 344 g/mol. The second kappa shape index (κ2) is 7.76. The SMILES string of the molecule is COc1ccccc1CN(CCO)C(=O)Nc1ccc2c(c1)OCO2. The summed E-state index contributed by atoms with van der Waals surface area (Å²) in [7, 11) is 1.59. The van der Waals surface area contributed by atoms with Crippen LogP contribution in [0.15, 0.2) is 42.5 Å². The third kappa shape index (κ3) is 3.95. The molecule has 0 unspecified atom stereocenters. The van der Waals surface area contributed by atoms with Gasteiger partial charge in [0.25, 0.3) is 0 Å². The van der Waals surface area contributed by atoms with Crippen LogP contribution in [0.5, 0.6) is 17.2 Å². The number of nitrogens with one attached hydrogen (secondary N) is 1. The van der Waals surface area contributed by atoms with Crippen molar-refractivity contribution in [1.29, 1.82) is 0 Å². The second-order valence-corrected chi connectivity index (χ2v) is 5.46. The van der Waals surface area contributed by atoms with Crippen LogP contribution in [0.25, 0.3) is 0 Å². The number of aliphatic hydroxyl groups is 1. The van der Waals surface area contributed by atoms with Crippen molar-refractivity contribution >= 4 is 11.7 Å². The van der Waals surface area contributed by atoms with E-state index < -0.39 is 0 Å². The summed E-state index contributed by atoms with van der Waals surface area (Å²) in [4.78, 5) is 14.1. The number of hydrogen-bond donors (Lipinski definition) is 2. The van der Waals surface area contributed by atoms with Gasteiger partial charge in [0.05, 0.1) is 20.3 Å². The molecule has 7 nitrogen and oxygen atoms in total. The number of rotatable bonds is 6. The first kappa shape index (κ1) is 16.9. The first-order valence-corrected chi connectivity index (χ1v) is 7.89. The molecule has 0 aromatic heterocycles. The Morgan fingerprint density at radius 2 is 2.04 bits per heavy atom. The van der Waals surface area contributed by atoms with Crippen LogP contribution in [0.3, 0.4) is 0 Å². The smallest absolute Gasteiger partial charge is 0.322 e. The zero-order valence-corrected chi connectivity index (χ0v) is 13.9. The number of carbonyl (C=O) groups excluding carboxylic acids is 1. The minimum absolute atomic E-state index is 0.135. The van der Waals surface area contributed by atoms with Gasteiger partial charge in [0.1, 0.15) is 5.75 Å². The molecule has 3 rings (SSSR count). The van der Waals surface area contributed by atoms with E-state index in [9.17, 15) is 9.90 Å². The average molecular weight is 344 g/mol. The Hall–Kier alpha value is -2.93. The van der Waals surface area contributed by atoms with Gasteiger partial charge in [0.15, 0.2) is 11.5 Å². The predicted molar refractivity (Wildman–Crippen MR) is 92.1 cm³/mol. The van der Waals surface area contributed by atoms with E-state index in [2.05, 4.69) is 5.32 Å². The Labute approximate surface area is 145 Å². The second-order valence-electron chi connectivity index (χ2n) is 5.46. The van der Waals surface area contributed by atoms with Crippen molar-refractivity contribution in [3.05, 3.63) is 48.0 Å². The summed E-state index contributed by atoms with van der Waals surface area (Å²) in [5, 5.41) is 12.1. The minimum atomic E-state index is -0.321. The van der Waals surface area contributed by atoms with Gasteiger partial charge in [0, 0.05) is 23.9 Å².